The van der Waals surface area contributed by atoms with Gasteiger partial charge in [0.1, 0.15) is 0 Å². The molecule has 3 N–H and O–H groups in total. The fraction of sp³-hybridized carbons (Fsp3) is 0.857. The maximum Gasteiger partial charge on any atom is 0.223 e. The molecular weight excluding hydrogens is 242 g/mol. The van der Waals surface area contributed by atoms with Gasteiger partial charge in [0.25, 0.3) is 0 Å². The largest absolute Gasteiger partial charge is 0.356 e. The minimum atomic E-state index is -0.0676. The molecule has 0 bridgehead atoms. The lowest BCUT2D eigenvalue weighted by Gasteiger charge is -2.21. The van der Waals surface area contributed by atoms with Crippen molar-refractivity contribution in [2.24, 2.45) is 5.73 Å². The second-order valence-corrected chi connectivity index (χ2v) is 5.00. The Morgan fingerprint density at radius 2 is 1.74 bits per heavy atom. The fourth-order valence-corrected chi connectivity index (χ4v) is 1.81. The Labute approximate surface area is 116 Å². The van der Waals surface area contributed by atoms with Crippen LogP contribution in [0.15, 0.2) is 0 Å². The van der Waals surface area contributed by atoms with Crippen molar-refractivity contribution in [1.82, 2.24) is 10.2 Å². The van der Waals surface area contributed by atoms with Crippen molar-refractivity contribution >= 4 is 11.8 Å². The van der Waals surface area contributed by atoms with Gasteiger partial charge in [0, 0.05) is 38.5 Å². The zero-order valence-electron chi connectivity index (χ0n) is 12.6. The molecule has 1 atom stereocenters. The van der Waals surface area contributed by atoms with Gasteiger partial charge in [0.05, 0.1) is 0 Å². The van der Waals surface area contributed by atoms with Crippen molar-refractivity contribution in [3.63, 3.8) is 0 Å². The molecule has 0 saturated carbocycles. The molecule has 0 saturated heterocycles. The molecule has 0 radical (unpaired) electrons. The third-order valence-corrected chi connectivity index (χ3v) is 2.83. The van der Waals surface area contributed by atoms with E-state index in [-0.39, 0.29) is 24.3 Å². The highest BCUT2D eigenvalue weighted by Crippen LogP contribution is 2.01. The van der Waals surface area contributed by atoms with Crippen LogP contribution in [0.3, 0.4) is 0 Å². The van der Waals surface area contributed by atoms with Crippen molar-refractivity contribution in [1.29, 1.82) is 0 Å². The molecule has 5 heteroatoms. The molecule has 0 rings (SSSR count). The van der Waals surface area contributed by atoms with Crippen molar-refractivity contribution in [2.75, 3.05) is 19.6 Å². The minimum absolute atomic E-state index is 0.0676. The van der Waals surface area contributed by atoms with Gasteiger partial charge in [-0.05, 0) is 26.2 Å². The zero-order valence-corrected chi connectivity index (χ0v) is 12.6. The second-order valence-electron chi connectivity index (χ2n) is 5.00. The van der Waals surface area contributed by atoms with Gasteiger partial charge in [-0.15, -0.1) is 0 Å². The van der Waals surface area contributed by atoms with Crippen molar-refractivity contribution in [3.8, 4) is 0 Å². The number of nitrogens with two attached hydrogens (primary N) is 1. The Kier molecular flexibility index (Phi) is 10.2. The van der Waals surface area contributed by atoms with Gasteiger partial charge in [-0.3, -0.25) is 9.59 Å². The van der Waals surface area contributed by atoms with Gasteiger partial charge < -0.3 is 16.0 Å². The highest BCUT2D eigenvalue weighted by atomic mass is 16.2. The number of amides is 2. The molecular formula is C14H29N3O2. The first-order valence-electron chi connectivity index (χ1n) is 7.31. The topological polar surface area (TPSA) is 75.4 Å². The molecule has 0 aliphatic rings. The van der Waals surface area contributed by atoms with E-state index in [0.29, 0.717) is 13.0 Å². The third kappa shape index (κ3) is 9.47. The fourth-order valence-electron chi connectivity index (χ4n) is 1.81. The van der Waals surface area contributed by atoms with Gasteiger partial charge >= 0.3 is 0 Å². The molecule has 5 nitrogen and oxygen atoms in total. The highest BCUT2D eigenvalue weighted by Gasteiger charge is 2.13. The van der Waals surface area contributed by atoms with Crippen LogP contribution in [-0.2, 0) is 9.59 Å². The van der Waals surface area contributed by atoms with Crippen LogP contribution >= 0.6 is 0 Å². The Bertz CT molecular complexity index is 261. The van der Waals surface area contributed by atoms with Crippen LogP contribution in [0.25, 0.3) is 0 Å². The summed E-state index contributed by atoms with van der Waals surface area (Å²) in [6.07, 6.45) is 3.22. The molecule has 0 spiro atoms. The van der Waals surface area contributed by atoms with Crippen molar-refractivity contribution < 1.29 is 9.59 Å². The normalized spacial score (nSPS) is 12.0. The monoisotopic (exact) mass is 271 g/mol. The quantitative estimate of drug-likeness (QED) is 0.628. The average molecular weight is 271 g/mol. The Hall–Kier alpha value is -1.10. The van der Waals surface area contributed by atoms with Crippen LogP contribution in [0, 0.1) is 0 Å². The predicted octanol–water partition coefficient (Wildman–Crippen LogP) is 1.27. The first kappa shape index (κ1) is 17.9. The lowest BCUT2D eigenvalue weighted by atomic mass is 10.2. The molecule has 2 amide bonds. The van der Waals surface area contributed by atoms with E-state index in [1.165, 1.54) is 0 Å². The maximum absolute atomic E-state index is 11.9. The summed E-state index contributed by atoms with van der Waals surface area (Å²) in [6.45, 7) is 8.15. The third-order valence-electron chi connectivity index (χ3n) is 2.83. The number of carbonyl (C=O) groups excluding carboxylic acids is 2. The number of nitrogens with zero attached hydrogens (tertiary/aromatic N) is 1. The summed E-state index contributed by atoms with van der Waals surface area (Å²) in [5.41, 5.74) is 5.60. The van der Waals surface area contributed by atoms with Gasteiger partial charge in [0.15, 0.2) is 0 Å². The smallest absolute Gasteiger partial charge is 0.223 e. The molecule has 0 aromatic carbocycles. The van der Waals surface area contributed by atoms with E-state index in [2.05, 4.69) is 19.2 Å². The number of carbonyl (C=O) groups is 2. The first-order valence-corrected chi connectivity index (χ1v) is 7.31. The SMILES string of the molecule is CCCN(CCC)C(=O)CCC(=O)NCCC(C)N. The number of hydrogen-bond acceptors (Lipinski definition) is 3. The summed E-state index contributed by atoms with van der Waals surface area (Å²) < 4.78 is 0. The molecule has 0 aliphatic heterocycles. The summed E-state index contributed by atoms with van der Waals surface area (Å²) in [7, 11) is 0. The first-order chi connectivity index (χ1) is 9.01. The summed E-state index contributed by atoms with van der Waals surface area (Å²) in [4.78, 5) is 25.3. The summed E-state index contributed by atoms with van der Waals surface area (Å²) in [5.74, 6) is 0.00740. The van der Waals surface area contributed by atoms with E-state index in [4.69, 9.17) is 5.73 Å². The standard InChI is InChI=1S/C14H29N3O2/c1-4-10-17(11-5-2)14(19)7-6-13(18)16-9-8-12(3)15/h12H,4-11,15H2,1-3H3,(H,16,18). The zero-order chi connectivity index (χ0) is 14.7. The predicted molar refractivity (Wildman–Crippen MR) is 77.7 cm³/mol. The van der Waals surface area contributed by atoms with Crippen LogP contribution in [-0.4, -0.2) is 42.4 Å². The number of rotatable bonds is 10. The van der Waals surface area contributed by atoms with Crippen LogP contribution in [0.2, 0.25) is 0 Å². The van der Waals surface area contributed by atoms with Gasteiger partial charge in [0.2, 0.25) is 11.8 Å². The Balaban J connectivity index is 3.89. The molecule has 112 valence electrons. The molecule has 0 aromatic rings. The summed E-state index contributed by atoms with van der Waals surface area (Å²) >= 11 is 0. The summed E-state index contributed by atoms with van der Waals surface area (Å²) in [6, 6.07) is 0.0894. The van der Waals surface area contributed by atoms with Crippen LogP contribution in [0.1, 0.15) is 52.9 Å². The van der Waals surface area contributed by atoms with E-state index in [1.54, 1.807) is 0 Å². The van der Waals surface area contributed by atoms with Gasteiger partial charge in [-0.1, -0.05) is 13.8 Å². The molecule has 0 fully saturated rings. The van der Waals surface area contributed by atoms with Crippen LogP contribution in [0.5, 0.6) is 0 Å². The van der Waals surface area contributed by atoms with Crippen molar-refractivity contribution in [3.05, 3.63) is 0 Å². The number of hydrogen-bond donors (Lipinski definition) is 2. The van der Waals surface area contributed by atoms with Crippen molar-refractivity contribution in [2.45, 2.75) is 58.9 Å². The lowest BCUT2D eigenvalue weighted by molar-refractivity contribution is -0.133. The molecule has 0 aliphatic carbocycles. The summed E-state index contributed by atoms with van der Waals surface area (Å²) in [5, 5.41) is 2.78. The van der Waals surface area contributed by atoms with Crippen LogP contribution in [0.4, 0.5) is 0 Å². The highest BCUT2D eigenvalue weighted by molar-refractivity contribution is 5.83. The lowest BCUT2D eigenvalue weighted by Crippen LogP contribution is -2.34. The minimum Gasteiger partial charge on any atom is -0.356 e. The van der Waals surface area contributed by atoms with Gasteiger partial charge in [-0.2, -0.15) is 0 Å². The molecule has 1 unspecified atom stereocenters. The van der Waals surface area contributed by atoms with E-state index in [9.17, 15) is 9.59 Å². The molecule has 0 aromatic heterocycles. The molecule has 19 heavy (non-hydrogen) atoms. The van der Waals surface area contributed by atoms with E-state index >= 15 is 0 Å². The Morgan fingerprint density at radius 3 is 2.21 bits per heavy atom. The van der Waals surface area contributed by atoms with E-state index in [1.807, 2.05) is 11.8 Å². The molecule has 0 heterocycles. The van der Waals surface area contributed by atoms with E-state index in [0.717, 1.165) is 32.4 Å². The Morgan fingerprint density at radius 1 is 1.16 bits per heavy atom. The van der Waals surface area contributed by atoms with Gasteiger partial charge in [-0.25, -0.2) is 0 Å². The average Bonchev–Trinajstić information content (AvgIpc) is 2.35. The van der Waals surface area contributed by atoms with E-state index < -0.39 is 0 Å². The van der Waals surface area contributed by atoms with Crippen LogP contribution < -0.4 is 11.1 Å². The second kappa shape index (κ2) is 10.8. The maximum atomic E-state index is 11.9. The number of nitrogens with one attached hydrogen (secondary N) is 1.